The van der Waals surface area contributed by atoms with Gasteiger partial charge in [0, 0.05) is 48.3 Å². The predicted molar refractivity (Wildman–Crippen MR) is 114 cm³/mol. The molecule has 3 heterocycles. The first-order valence-corrected chi connectivity index (χ1v) is 9.89. The number of aromatic nitrogens is 1. The molecule has 29 heavy (non-hydrogen) atoms. The number of pyridine rings is 1. The molecule has 3 aromatic rings. The number of ketones is 1. The number of hydrogen-bond acceptors (Lipinski definition) is 6. The Labute approximate surface area is 172 Å². The van der Waals surface area contributed by atoms with Crippen molar-refractivity contribution in [2.45, 2.75) is 6.04 Å². The number of aliphatic hydroxyl groups excluding tert-OH is 1. The van der Waals surface area contributed by atoms with Crippen LogP contribution < -0.4 is 9.80 Å². The summed E-state index contributed by atoms with van der Waals surface area (Å²) in [5.41, 5.74) is 2.11. The highest BCUT2D eigenvalue weighted by Crippen LogP contribution is 2.43. The molecule has 6 nitrogen and oxygen atoms in total. The van der Waals surface area contributed by atoms with E-state index in [4.69, 9.17) is 0 Å². The second kappa shape index (κ2) is 7.52. The molecule has 1 fully saturated rings. The van der Waals surface area contributed by atoms with Crippen LogP contribution in [0.5, 0.6) is 0 Å². The standard InChI is InChI=1S/C22H19N3O3S/c1-24(2)15-5-7-16(8-6-15)25-19(17-4-3-13-29-17)18(21(27)22(25)28)20(26)14-9-11-23-12-10-14/h3-13,19,26H,1-2H3/b20-18-. The van der Waals surface area contributed by atoms with Gasteiger partial charge < -0.3 is 10.0 Å². The summed E-state index contributed by atoms with van der Waals surface area (Å²) in [6, 6.07) is 13.7. The zero-order chi connectivity index (χ0) is 20.5. The summed E-state index contributed by atoms with van der Waals surface area (Å²) in [5.74, 6) is -1.55. The maximum Gasteiger partial charge on any atom is 0.300 e. The molecule has 1 saturated heterocycles. The summed E-state index contributed by atoms with van der Waals surface area (Å²) in [5, 5.41) is 12.8. The fourth-order valence-electron chi connectivity index (χ4n) is 3.39. The van der Waals surface area contributed by atoms with E-state index in [1.807, 2.05) is 60.8 Å². The number of benzene rings is 1. The van der Waals surface area contributed by atoms with Gasteiger partial charge >= 0.3 is 0 Å². The SMILES string of the molecule is CN(C)c1ccc(N2C(=O)C(=O)/C(=C(\O)c3ccncc3)C2c2cccs2)cc1. The van der Waals surface area contributed by atoms with Crippen molar-refractivity contribution >= 4 is 40.2 Å². The number of aliphatic hydroxyl groups is 1. The van der Waals surface area contributed by atoms with Gasteiger partial charge in [-0.25, -0.2) is 0 Å². The number of carbonyl (C=O) groups excluding carboxylic acids is 2. The van der Waals surface area contributed by atoms with Gasteiger partial charge in [0.2, 0.25) is 0 Å². The van der Waals surface area contributed by atoms with E-state index in [2.05, 4.69) is 4.98 Å². The minimum Gasteiger partial charge on any atom is -0.507 e. The molecule has 2 aromatic heterocycles. The van der Waals surface area contributed by atoms with E-state index in [1.165, 1.54) is 28.6 Å². The van der Waals surface area contributed by atoms with Crippen LogP contribution in [0.2, 0.25) is 0 Å². The van der Waals surface area contributed by atoms with Crippen LogP contribution in [-0.4, -0.2) is 35.9 Å². The van der Waals surface area contributed by atoms with Gasteiger partial charge in [-0.1, -0.05) is 6.07 Å². The van der Waals surface area contributed by atoms with E-state index < -0.39 is 17.7 Å². The Balaban J connectivity index is 1.88. The lowest BCUT2D eigenvalue weighted by molar-refractivity contribution is -0.132. The quantitative estimate of drug-likeness (QED) is 0.406. The first-order chi connectivity index (χ1) is 14.0. The monoisotopic (exact) mass is 405 g/mol. The van der Waals surface area contributed by atoms with E-state index >= 15 is 0 Å². The number of Topliss-reactive ketones (excluding diaryl/α,β-unsaturated/α-hetero) is 1. The summed E-state index contributed by atoms with van der Waals surface area (Å²) in [7, 11) is 3.86. The number of anilines is 2. The van der Waals surface area contributed by atoms with E-state index in [1.54, 1.807) is 12.1 Å². The molecule has 0 saturated carbocycles. The third kappa shape index (κ3) is 3.30. The topological polar surface area (TPSA) is 73.7 Å². The second-order valence-corrected chi connectivity index (χ2v) is 7.81. The summed E-state index contributed by atoms with van der Waals surface area (Å²) >= 11 is 1.44. The van der Waals surface area contributed by atoms with Crippen molar-refractivity contribution in [3.8, 4) is 0 Å². The minimum atomic E-state index is -0.700. The van der Waals surface area contributed by atoms with Gasteiger partial charge in [0.1, 0.15) is 11.8 Å². The summed E-state index contributed by atoms with van der Waals surface area (Å²) in [6.07, 6.45) is 3.07. The Kier molecular flexibility index (Phi) is 4.90. The Morgan fingerprint density at radius 1 is 1.07 bits per heavy atom. The molecule has 0 bridgehead atoms. The van der Waals surface area contributed by atoms with Crippen LogP contribution in [-0.2, 0) is 9.59 Å². The Hall–Kier alpha value is -3.45. The van der Waals surface area contributed by atoms with Gasteiger partial charge in [0.15, 0.2) is 0 Å². The zero-order valence-electron chi connectivity index (χ0n) is 15.9. The molecule has 1 aliphatic heterocycles. The molecular weight excluding hydrogens is 386 g/mol. The van der Waals surface area contributed by atoms with E-state index in [9.17, 15) is 14.7 Å². The van der Waals surface area contributed by atoms with Crippen molar-refractivity contribution in [1.82, 2.24) is 4.98 Å². The summed E-state index contributed by atoms with van der Waals surface area (Å²) in [4.78, 5) is 34.1. The van der Waals surface area contributed by atoms with E-state index in [0.29, 0.717) is 11.3 Å². The average Bonchev–Trinajstić information content (AvgIpc) is 3.35. The van der Waals surface area contributed by atoms with Crippen LogP contribution in [0, 0.1) is 0 Å². The number of hydrogen-bond donors (Lipinski definition) is 1. The van der Waals surface area contributed by atoms with Crippen LogP contribution in [0.25, 0.3) is 5.76 Å². The lowest BCUT2D eigenvalue weighted by Crippen LogP contribution is -2.29. The minimum absolute atomic E-state index is 0.0836. The second-order valence-electron chi connectivity index (χ2n) is 6.83. The van der Waals surface area contributed by atoms with Crippen molar-refractivity contribution < 1.29 is 14.7 Å². The zero-order valence-corrected chi connectivity index (χ0v) is 16.8. The van der Waals surface area contributed by atoms with Gasteiger partial charge in [-0.3, -0.25) is 19.5 Å². The average molecular weight is 405 g/mol. The van der Waals surface area contributed by atoms with Crippen LogP contribution in [0.3, 0.4) is 0 Å². The lowest BCUT2D eigenvalue weighted by atomic mass is 10.0. The molecule has 4 rings (SSSR count). The normalized spacial score (nSPS) is 18.3. The van der Waals surface area contributed by atoms with Crippen molar-refractivity contribution in [2.75, 3.05) is 23.9 Å². The molecule has 1 N–H and O–H groups in total. The number of rotatable bonds is 4. The fourth-order valence-corrected chi connectivity index (χ4v) is 4.22. The number of amides is 1. The molecule has 0 radical (unpaired) electrons. The summed E-state index contributed by atoms with van der Waals surface area (Å²) in [6.45, 7) is 0. The molecule has 0 aliphatic carbocycles. The number of carbonyl (C=O) groups is 2. The van der Waals surface area contributed by atoms with Crippen molar-refractivity contribution in [3.63, 3.8) is 0 Å². The molecule has 1 aromatic carbocycles. The maximum atomic E-state index is 13.0. The van der Waals surface area contributed by atoms with Crippen molar-refractivity contribution in [3.05, 3.63) is 82.3 Å². The van der Waals surface area contributed by atoms with E-state index in [0.717, 1.165) is 10.6 Å². The Morgan fingerprint density at radius 3 is 2.34 bits per heavy atom. The first-order valence-electron chi connectivity index (χ1n) is 9.01. The molecular formula is C22H19N3O3S. The van der Waals surface area contributed by atoms with Gasteiger partial charge in [-0.15, -0.1) is 11.3 Å². The largest absolute Gasteiger partial charge is 0.507 e. The molecule has 0 spiro atoms. The van der Waals surface area contributed by atoms with Crippen LogP contribution in [0.15, 0.2) is 71.9 Å². The highest BCUT2D eigenvalue weighted by atomic mass is 32.1. The summed E-state index contributed by atoms with van der Waals surface area (Å²) < 4.78 is 0. The smallest absolute Gasteiger partial charge is 0.300 e. The predicted octanol–water partition coefficient (Wildman–Crippen LogP) is 3.84. The highest BCUT2D eigenvalue weighted by molar-refractivity contribution is 7.10. The molecule has 1 unspecified atom stereocenters. The first kappa shape index (κ1) is 18.9. The van der Waals surface area contributed by atoms with Gasteiger partial charge in [0.05, 0.1) is 5.57 Å². The molecule has 7 heteroatoms. The van der Waals surface area contributed by atoms with E-state index in [-0.39, 0.29) is 11.3 Å². The highest BCUT2D eigenvalue weighted by Gasteiger charge is 2.47. The van der Waals surface area contributed by atoms with Crippen molar-refractivity contribution in [2.24, 2.45) is 0 Å². The number of thiophene rings is 1. The molecule has 1 atom stereocenters. The van der Waals surface area contributed by atoms with Crippen LogP contribution >= 0.6 is 11.3 Å². The van der Waals surface area contributed by atoms with Gasteiger partial charge in [0.25, 0.3) is 11.7 Å². The maximum absolute atomic E-state index is 13.0. The van der Waals surface area contributed by atoms with Crippen LogP contribution in [0.4, 0.5) is 11.4 Å². The fraction of sp³-hybridized carbons (Fsp3) is 0.136. The van der Waals surface area contributed by atoms with Crippen LogP contribution in [0.1, 0.15) is 16.5 Å². The lowest BCUT2D eigenvalue weighted by Gasteiger charge is -2.25. The Bertz CT molecular complexity index is 1070. The van der Waals surface area contributed by atoms with Gasteiger partial charge in [-0.05, 0) is 47.8 Å². The van der Waals surface area contributed by atoms with Gasteiger partial charge in [-0.2, -0.15) is 0 Å². The molecule has 1 aliphatic rings. The molecule has 146 valence electrons. The third-order valence-electron chi connectivity index (χ3n) is 4.86. The van der Waals surface area contributed by atoms with Crippen molar-refractivity contribution in [1.29, 1.82) is 0 Å². The number of nitrogens with zero attached hydrogens (tertiary/aromatic N) is 3. The third-order valence-corrected chi connectivity index (χ3v) is 5.78. The molecule has 1 amide bonds. The Morgan fingerprint density at radius 2 is 1.76 bits per heavy atom.